The fourth-order valence-electron chi connectivity index (χ4n) is 1.85. The Balaban J connectivity index is 2.29. The van der Waals surface area contributed by atoms with Gasteiger partial charge in [0.2, 0.25) is 0 Å². The number of thiazole rings is 1. The van der Waals surface area contributed by atoms with E-state index in [4.69, 9.17) is 0 Å². The molecule has 0 saturated heterocycles. The summed E-state index contributed by atoms with van der Waals surface area (Å²) in [6.07, 6.45) is 0. The van der Waals surface area contributed by atoms with E-state index in [2.05, 4.69) is 10.3 Å². The standard InChI is InChI=1S/C15H18N2O2S/c1-9-6-5-7-10(2)12(9)17-14-16-11(8-20-14)15(3,4)13(18)19/h5-8H,1-4H3,(H,16,17)(H,18,19). The van der Waals surface area contributed by atoms with Gasteiger partial charge in [0.05, 0.1) is 5.69 Å². The first-order valence-electron chi connectivity index (χ1n) is 6.35. The van der Waals surface area contributed by atoms with Crippen LogP contribution >= 0.6 is 11.3 Å². The van der Waals surface area contributed by atoms with Gasteiger partial charge in [-0.1, -0.05) is 18.2 Å². The molecule has 0 amide bonds. The van der Waals surface area contributed by atoms with E-state index < -0.39 is 11.4 Å². The third-order valence-electron chi connectivity index (χ3n) is 3.39. The van der Waals surface area contributed by atoms with Crippen molar-refractivity contribution in [3.05, 3.63) is 40.4 Å². The van der Waals surface area contributed by atoms with Gasteiger partial charge in [-0.05, 0) is 38.8 Å². The first kappa shape index (κ1) is 14.5. The number of para-hydroxylation sites is 1. The van der Waals surface area contributed by atoms with Crippen LogP contribution in [0.3, 0.4) is 0 Å². The van der Waals surface area contributed by atoms with Crippen molar-refractivity contribution in [2.24, 2.45) is 0 Å². The lowest BCUT2D eigenvalue weighted by Gasteiger charge is -2.15. The SMILES string of the molecule is Cc1cccc(C)c1Nc1nc(C(C)(C)C(=O)O)cs1. The number of aromatic nitrogens is 1. The van der Waals surface area contributed by atoms with E-state index in [0.29, 0.717) is 10.8 Å². The van der Waals surface area contributed by atoms with Crippen LogP contribution < -0.4 is 5.32 Å². The van der Waals surface area contributed by atoms with Gasteiger partial charge in [-0.15, -0.1) is 11.3 Å². The number of rotatable bonds is 4. The zero-order valence-electron chi connectivity index (χ0n) is 12.0. The summed E-state index contributed by atoms with van der Waals surface area (Å²) in [7, 11) is 0. The number of nitrogens with zero attached hydrogens (tertiary/aromatic N) is 1. The number of carboxylic acid groups (broad SMARTS) is 1. The molecule has 1 aromatic carbocycles. The van der Waals surface area contributed by atoms with Crippen molar-refractivity contribution in [1.82, 2.24) is 4.98 Å². The fourth-order valence-corrected chi connectivity index (χ4v) is 2.73. The molecule has 2 rings (SSSR count). The van der Waals surface area contributed by atoms with Crippen LogP contribution in [-0.4, -0.2) is 16.1 Å². The Labute approximate surface area is 122 Å². The highest BCUT2D eigenvalue weighted by Gasteiger charge is 2.32. The summed E-state index contributed by atoms with van der Waals surface area (Å²) < 4.78 is 0. The maximum atomic E-state index is 11.2. The maximum absolute atomic E-state index is 11.2. The molecule has 1 aromatic heterocycles. The molecule has 0 unspecified atom stereocenters. The molecule has 0 aliphatic heterocycles. The van der Waals surface area contributed by atoms with E-state index in [1.54, 1.807) is 19.2 Å². The van der Waals surface area contributed by atoms with Gasteiger partial charge in [0.15, 0.2) is 5.13 Å². The minimum atomic E-state index is -0.975. The van der Waals surface area contributed by atoms with Gasteiger partial charge < -0.3 is 10.4 Å². The quantitative estimate of drug-likeness (QED) is 0.897. The van der Waals surface area contributed by atoms with Crippen molar-refractivity contribution >= 4 is 28.1 Å². The second-order valence-electron chi connectivity index (χ2n) is 5.36. The summed E-state index contributed by atoms with van der Waals surface area (Å²) in [5.41, 5.74) is 2.90. The maximum Gasteiger partial charge on any atom is 0.315 e. The van der Waals surface area contributed by atoms with Crippen LogP contribution in [0, 0.1) is 13.8 Å². The van der Waals surface area contributed by atoms with Crippen molar-refractivity contribution in [2.45, 2.75) is 33.1 Å². The summed E-state index contributed by atoms with van der Waals surface area (Å²) in [6.45, 7) is 7.39. The molecule has 106 valence electrons. The largest absolute Gasteiger partial charge is 0.481 e. The predicted molar refractivity (Wildman–Crippen MR) is 82.0 cm³/mol. The van der Waals surface area contributed by atoms with Crippen LogP contribution in [0.1, 0.15) is 30.7 Å². The Bertz CT molecular complexity index is 627. The fraction of sp³-hybridized carbons (Fsp3) is 0.333. The first-order valence-corrected chi connectivity index (χ1v) is 7.23. The van der Waals surface area contributed by atoms with Crippen LogP contribution in [0.15, 0.2) is 23.6 Å². The molecule has 0 radical (unpaired) electrons. The number of aryl methyl sites for hydroxylation is 2. The molecule has 1 heterocycles. The lowest BCUT2D eigenvalue weighted by atomic mass is 9.90. The molecule has 0 bridgehead atoms. The Kier molecular flexibility index (Phi) is 3.81. The lowest BCUT2D eigenvalue weighted by molar-refractivity contribution is -0.142. The van der Waals surface area contributed by atoms with Crippen LogP contribution in [0.25, 0.3) is 0 Å². The van der Waals surface area contributed by atoms with Crippen molar-refractivity contribution in [1.29, 1.82) is 0 Å². The molecular formula is C15H18N2O2S. The number of anilines is 2. The Morgan fingerprint density at radius 1 is 1.30 bits per heavy atom. The summed E-state index contributed by atoms with van der Waals surface area (Å²) in [5.74, 6) is -0.874. The highest BCUT2D eigenvalue weighted by atomic mass is 32.1. The summed E-state index contributed by atoms with van der Waals surface area (Å²) >= 11 is 1.42. The van der Waals surface area contributed by atoms with E-state index >= 15 is 0 Å². The van der Waals surface area contributed by atoms with Crippen molar-refractivity contribution < 1.29 is 9.90 Å². The van der Waals surface area contributed by atoms with Gasteiger partial charge in [-0.25, -0.2) is 4.98 Å². The number of carbonyl (C=O) groups is 1. The Morgan fingerprint density at radius 3 is 2.45 bits per heavy atom. The van der Waals surface area contributed by atoms with Gasteiger partial charge in [-0.2, -0.15) is 0 Å². The molecule has 20 heavy (non-hydrogen) atoms. The van der Waals surface area contributed by atoms with E-state index in [-0.39, 0.29) is 0 Å². The molecule has 0 atom stereocenters. The average molecular weight is 290 g/mol. The number of nitrogens with one attached hydrogen (secondary N) is 1. The summed E-state index contributed by atoms with van der Waals surface area (Å²) in [6, 6.07) is 6.08. The van der Waals surface area contributed by atoms with E-state index in [0.717, 1.165) is 16.8 Å². The van der Waals surface area contributed by atoms with Crippen LogP contribution in [0.5, 0.6) is 0 Å². The number of carboxylic acids is 1. The van der Waals surface area contributed by atoms with Crippen molar-refractivity contribution in [3.8, 4) is 0 Å². The van der Waals surface area contributed by atoms with Crippen LogP contribution in [0.2, 0.25) is 0 Å². The van der Waals surface area contributed by atoms with E-state index in [1.807, 2.05) is 32.0 Å². The third kappa shape index (κ3) is 2.67. The first-order chi connectivity index (χ1) is 9.32. The highest BCUT2D eigenvalue weighted by Crippen LogP contribution is 2.30. The molecule has 0 aliphatic carbocycles. The number of benzene rings is 1. The van der Waals surface area contributed by atoms with E-state index in [9.17, 15) is 9.90 Å². The molecule has 0 fully saturated rings. The van der Waals surface area contributed by atoms with E-state index in [1.165, 1.54) is 11.3 Å². The Morgan fingerprint density at radius 2 is 1.90 bits per heavy atom. The van der Waals surface area contributed by atoms with Gasteiger partial charge in [0, 0.05) is 11.1 Å². The number of hydrogen-bond acceptors (Lipinski definition) is 4. The molecule has 0 saturated carbocycles. The molecule has 2 N–H and O–H groups in total. The molecule has 5 heteroatoms. The van der Waals surface area contributed by atoms with Gasteiger partial charge in [-0.3, -0.25) is 4.79 Å². The minimum Gasteiger partial charge on any atom is -0.481 e. The summed E-state index contributed by atoms with van der Waals surface area (Å²) in [4.78, 5) is 15.6. The topological polar surface area (TPSA) is 62.2 Å². The second-order valence-corrected chi connectivity index (χ2v) is 6.22. The molecule has 0 spiro atoms. The van der Waals surface area contributed by atoms with Crippen LogP contribution in [0.4, 0.5) is 10.8 Å². The van der Waals surface area contributed by atoms with Gasteiger partial charge >= 0.3 is 5.97 Å². The van der Waals surface area contributed by atoms with Crippen molar-refractivity contribution in [3.63, 3.8) is 0 Å². The smallest absolute Gasteiger partial charge is 0.315 e. The zero-order valence-corrected chi connectivity index (χ0v) is 12.8. The second kappa shape index (κ2) is 5.25. The number of hydrogen-bond donors (Lipinski definition) is 2. The monoisotopic (exact) mass is 290 g/mol. The third-order valence-corrected chi connectivity index (χ3v) is 4.15. The normalized spacial score (nSPS) is 11.4. The highest BCUT2D eigenvalue weighted by molar-refractivity contribution is 7.13. The predicted octanol–water partition coefficient (Wildman–Crippen LogP) is 3.87. The summed E-state index contributed by atoms with van der Waals surface area (Å²) in [5, 5.41) is 15.0. The molecule has 4 nitrogen and oxygen atoms in total. The van der Waals surface area contributed by atoms with Crippen LogP contribution in [-0.2, 0) is 10.2 Å². The lowest BCUT2D eigenvalue weighted by Crippen LogP contribution is -2.28. The molecule has 0 aliphatic rings. The Hall–Kier alpha value is -1.88. The zero-order chi connectivity index (χ0) is 14.9. The van der Waals surface area contributed by atoms with Crippen molar-refractivity contribution in [2.75, 3.05) is 5.32 Å². The van der Waals surface area contributed by atoms with Gasteiger partial charge in [0.1, 0.15) is 5.41 Å². The number of aliphatic carboxylic acids is 1. The average Bonchev–Trinajstić information content (AvgIpc) is 2.83. The minimum absolute atomic E-state index is 0.573. The van der Waals surface area contributed by atoms with Gasteiger partial charge in [0.25, 0.3) is 0 Å². The molecule has 2 aromatic rings. The molecular weight excluding hydrogens is 272 g/mol.